The Morgan fingerprint density at radius 2 is 2.03 bits per heavy atom. The lowest BCUT2D eigenvalue weighted by atomic mass is 10.0. The quantitative estimate of drug-likeness (QED) is 0.698. The molecule has 0 unspecified atom stereocenters. The Kier molecular flexibility index (Phi) is 5.62. The van der Waals surface area contributed by atoms with Gasteiger partial charge in [-0.3, -0.25) is 9.59 Å². The van der Waals surface area contributed by atoms with E-state index >= 15 is 0 Å². The molecule has 2 aromatic heterocycles. The Morgan fingerprint density at radius 1 is 1.28 bits per heavy atom. The molecule has 1 aliphatic heterocycles. The van der Waals surface area contributed by atoms with Crippen molar-refractivity contribution in [2.45, 2.75) is 39.7 Å². The summed E-state index contributed by atoms with van der Waals surface area (Å²) in [6.07, 6.45) is 4.66. The van der Waals surface area contributed by atoms with E-state index in [1.807, 2.05) is 24.3 Å². The molecule has 7 nitrogen and oxygen atoms in total. The molecule has 0 radical (unpaired) electrons. The second-order valence-electron chi connectivity index (χ2n) is 7.60. The summed E-state index contributed by atoms with van der Waals surface area (Å²) in [5.74, 6) is 0.172. The van der Waals surface area contributed by atoms with Crippen LogP contribution in [0.15, 0.2) is 35.3 Å². The van der Waals surface area contributed by atoms with Gasteiger partial charge in [-0.1, -0.05) is 49.4 Å². The molecule has 1 aromatic carbocycles. The standard InChI is InChI=1S/C21H25N5O2S/c1-3-15-6-8-16(9-7-15)11-22-18(27)17-12-23-20-26(19(17)28)24-21(29-20)25-10-4-5-14(2)13-25/h6-9,12,14H,3-5,10-11,13H2,1-2H3,(H,22,27)/t14-/m1/s1. The number of fused-ring (bicyclic) bond motifs is 1. The second-order valence-corrected chi connectivity index (χ2v) is 8.54. The minimum absolute atomic E-state index is 0.0107. The molecule has 29 heavy (non-hydrogen) atoms. The van der Waals surface area contributed by atoms with Crippen molar-refractivity contribution < 1.29 is 4.79 Å². The number of carbonyl (C=O) groups is 1. The van der Waals surface area contributed by atoms with E-state index in [9.17, 15) is 9.59 Å². The first-order chi connectivity index (χ1) is 14.0. The zero-order valence-corrected chi connectivity index (χ0v) is 17.5. The van der Waals surface area contributed by atoms with Gasteiger partial charge >= 0.3 is 0 Å². The summed E-state index contributed by atoms with van der Waals surface area (Å²) in [5.41, 5.74) is 1.81. The number of hydrogen-bond acceptors (Lipinski definition) is 6. The second kappa shape index (κ2) is 8.32. The van der Waals surface area contributed by atoms with Crippen LogP contribution < -0.4 is 15.8 Å². The summed E-state index contributed by atoms with van der Waals surface area (Å²) in [4.78, 5) is 32.4. The highest BCUT2D eigenvalue weighted by Gasteiger charge is 2.22. The smallest absolute Gasteiger partial charge is 0.288 e. The highest BCUT2D eigenvalue weighted by molar-refractivity contribution is 7.20. The van der Waals surface area contributed by atoms with E-state index in [0.717, 1.165) is 36.6 Å². The monoisotopic (exact) mass is 411 g/mol. The lowest BCUT2D eigenvalue weighted by Gasteiger charge is -2.30. The molecule has 0 bridgehead atoms. The largest absolute Gasteiger partial charge is 0.348 e. The average Bonchev–Trinajstić information content (AvgIpc) is 3.18. The molecule has 4 rings (SSSR count). The van der Waals surface area contributed by atoms with Crippen LogP contribution in [0.1, 0.15) is 48.2 Å². The number of aromatic nitrogens is 3. The van der Waals surface area contributed by atoms with Gasteiger partial charge in [0.2, 0.25) is 10.1 Å². The molecule has 1 N–H and O–H groups in total. The summed E-state index contributed by atoms with van der Waals surface area (Å²) < 4.78 is 1.25. The molecule has 0 aliphatic carbocycles. The number of rotatable bonds is 5. The van der Waals surface area contributed by atoms with Gasteiger partial charge in [-0.05, 0) is 36.3 Å². The van der Waals surface area contributed by atoms with Gasteiger partial charge in [0.15, 0.2) is 0 Å². The van der Waals surface area contributed by atoms with Crippen LogP contribution in [0.3, 0.4) is 0 Å². The molecule has 152 valence electrons. The van der Waals surface area contributed by atoms with E-state index in [1.54, 1.807) is 0 Å². The van der Waals surface area contributed by atoms with E-state index < -0.39 is 11.5 Å². The van der Waals surface area contributed by atoms with Gasteiger partial charge in [0.1, 0.15) is 5.56 Å². The van der Waals surface area contributed by atoms with Crippen molar-refractivity contribution in [1.82, 2.24) is 19.9 Å². The number of aryl methyl sites for hydroxylation is 1. The summed E-state index contributed by atoms with van der Waals surface area (Å²) in [5, 5.41) is 8.05. The minimum Gasteiger partial charge on any atom is -0.348 e. The molecule has 8 heteroatoms. The third kappa shape index (κ3) is 4.17. The molecule has 0 spiro atoms. The van der Waals surface area contributed by atoms with E-state index in [4.69, 9.17) is 0 Å². The molecule has 3 heterocycles. The van der Waals surface area contributed by atoms with Crippen LogP contribution in [0.5, 0.6) is 0 Å². The third-order valence-electron chi connectivity index (χ3n) is 5.33. The molecule has 1 amide bonds. The summed E-state index contributed by atoms with van der Waals surface area (Å²) in [6.45, 7) is 6.55. The van der Waals surface area contributed by atoms with Crippen molar-refractivity contribution in [1.29, 1.82) is 0 Å². The summed E-state index contributed by atoms with van der Waals surface area (Å²) >= 11 is 1.39. The number of anilines is 1. The summed E-state index contributed by atoms with van der Waals surface area (Å²) in [6, 6.07) is 8.06. The van der Waals surface area contributed by atoms with Crippen molar-refractivity contribution in [3.63, 3.8) is 0 Å². The van der Waals surface area contributed by atoms with E-state index in [0.29, 0.717) is 17.4 Å². The molecule has 0 saturated carbocycles. The molecule has 1 saturated heterocycles. The van der Waals surface area contributed by atoms with Crippen LogP contribution in [-0.2, 0) is 13.0 Å². The third-order valence-corrected chi connectivity index (χ3v) is 6.32. The van der Waals surface area contributed by atoms with Gasteiger partial charge in [-0.2, -0.15) is 4.52 Å². The highest BCUT2D eigenvalue weighted by Crippen LogP contribution is 2.26. The first-order valence-electron chi connectivity index (χ1n) is 10.0. The molecular formula is C21H25N5O2S. The SMILES string of the molecule is CCc1ccc(CNC(=O)c2cnc3sc(N4CCC[C@@H](C)C4)nn3c2=O)cc1. The number of nitrogens with zero attached hydrogens (tertiary/aromatic N) is 4. The highest BCUT2D eigenvalue weighted by atomic mass is 32.1. The predicted octanol–water partition coefficient (Wildman–Crippen LogP) is 2.88. The first-order valence-corrected chi connectivity index (χ1v) is 10.9. The zero-order chi connectivity index (χ0) is 20.4. The first kappa shape index (κ1) is 19.6. The van der Waals surface area contributed by atoms with Crippen LogP contribution in [0, 0.1) is 5.92 Å². The topological polar surface area (TPSA) is 79.6 Å². The van der Waals surface area contributed by atoms with Crippen LogP contribution in [-0.4, -0.2) is 33.6 Å². The van der Waals surface area contributed by atoms with Crippen LogP contribution in [0.2, 0.25) is 0 Å². The van der Waals surface area contributed by atoms with Crippen LogP contribution in [0.4, 0.5) is 5.13 Å². The lowest BCUT2D eigenvalue weighted by molar-refractivity contribution is 0.0948. The fraction of sp³-hybridized carbons (Fsp3) is 0.429. The Bertz CT molecular complexity index is 1070. The van der Waals surface area contributed by atoms with Gasteiger partial charge in [0.05, 0.1) is 0 Å². The number of carbonyl (C=O) groups excluding carboxylic acids is 1. The zero-order valence-electron chi connectivity index (χ0n) is 16.7. The van der Waals surface area contributed by atoms with Gasteiger partial charge in [0, 0.05) is 25.8 Å². The van der Waals surface area contributed by atoms with Crippen LogP contribution >= 0.6 is 11.3 Å². The lowest BCUT2D eigenvalue weighted by Crippen LogP contribution is -2.34. The number of benzene rings is 1. The molecule has 1 fully saturated rings. The number of amides is 1. The predicted molar refractivity (Wildman–Crippen MR) is 115 cm³/mol. The maximum absolute atomic E-state index is 12.8. The fourth-order valence-corrected chi connectivity index (χ4v) is 4.49. The molecule has 1 aliphatic rings. The molecule has 1 atom stereocenters. The summed E-state index contributed by atoms with van der Waals surface area (Å²) in [7, 11) is 0. The number of nitrogens with one attached hydrogen (secondary N) is 1. The van der Waals surface area contributed by atoms with Crippen LogP contribution in [0.25, 0.3) is 4.96 Å². The Hall–Kier alpha value is -2.74. The van der Waals surface area contributed by atoms with Crippen molar-refractivity contribution in [2.75, 3.05) is 18.0 Å². The average molecular weight is 412 g/mol. The van der Waals surface area contributed by atoms with Crippen molar-refractivity contribution >= 4 is 27.3 Å². The van der Waals surface area contributed by atoms with Gasteiger partial charge < -0.3 is 10.2 Å². The minimum atomic E-state index is -0.433. The van der Waals surface area contributed by atoms with Gasteiger partial charge in [-0.15, -0.1) is 5.10 Å². The maximum Gasteiger partial charge on any atom is 0.288 e. The molecular weight excluding hydrogens is 386 g/mol. The van der Waals surface area contributed by atoms with Crippen molar-refractivity contribution in [3.8, 4) is 0 Å². The van der Waals surface area contributed by atoms with E-state index in [2.05, 4.69) is 34.1 Å². The Labute approximate surface area is 173 Å². The van der Waals surface area contributed by atoms with Gasteiger partial charge in [0.25, 0.3) is 11.5 Å². The van der Waals surface area contributed by atoms with E-state index in [1.165, 1.54) is 34.0 Å². The number of hydrogen-bond donors (Lipinski definition) is 1. The van der Waals surface area contributed by atoms with Gasteiger partial charge in [-0.25, -0.2) is 4.98 Å². The van der Waals surface area contributed by atoms with Crippen molar-refractivity contribution in [3.05, 3.63) is 57.5 Å². The number of piperidine rings is 1. The Morgan fingerprint density at radius 3 is 2.76 bits per heavy atom. The normalized spacial score (nSPS) is 16.9. The van der Waals surface area contributed by atoms with E-state index in [-0.39, 0.29) is 5.56 Å². The van der Waals surface area contributed by atoms with Crippen molar-refractivity contribution in [2.24, 2.45) is 5.92 Å². The Balaban J connectivity index is 1.51. The molecule has 3 aromatic rings. The fourth-order valence-electron chi connectivity index (χ4n) is 3.59. The maximum atomic E-state index is 12.8.